The predicted molar refractivity (Wildman–Crippen MR) is 168 cm³/mol. The number of hydrogen-bond acceptors (Lipinski definition) is 3. The second-order valence-electron chi connectivity index (χ2n) is 12.7. The molecule has 41 heavy (non-hydrogen) atoms. The molecule has 1 fully saturated rings. The van der Waals surface area contributed by atoms with Gasteiger partial charge in [0.2, 0.25) is 11.8 Å². The number of aromatic amines is 1. The average molecular weight is 551 g/mol. The van der Waals surface area contributed by atoms with Crippen molar-refractivity contribution in [2.24, 2.45) is 11.3 Å². The molecule has 214 valence electrons. The number of nitrogens with one attached hydrogen (secondary N) is 2. The highest BCUT2D eigenvalue weighted by Gasteiger charge is 2.60. The van der Waals surface area contributed by atoms with E-state index in [9.17, 15) is 9.59 Å². The largest absolute Gasteiger partial charge is 0.378 e. The van der Waals surface area contributed by atoms with Crippen molar-refractivity contribution in [2.75, 3.05) is 24.3 Å². The zero-order valence-electron chi connectivity index (χ0n) is 25.3. The zero-order valence-corrected chi connectivity index (χ0v) is 25.3. The third-order valence-corrected chi connectivity index (χ3v) is 9.06. The van der Waals surface area contributed by atoms with Gasteiger partial charge in [-0.3, -0.25) is 9.59 Å². The Balaban J connectivity index is 1.40. The molecule has 6 nitrogen and oxygen atoms in total. The fourth-order valence-corrected chi connectivity index (χ4v) is 6.31. The molecule has 0 unspecified atom stereocenters. The molecule has 0 radical (unpaired) electrons. The lowest BCUT2D eigenvalue weighted by Crippen LogP contribution is -2.54. The van der Waals surface area contributed by atoms with Gasteiger partial charge in [0.25, 0.3) is 0 Å². The Labute approximate surface area is 243 Å². The van der Waals surface area contributed by atoms with Gasteiger partial charge >= 0.3 is 0 Å². The standard InChI is InChI=1S/C35H42N4O2/c1-23-31(27-15-11-12-16-29(27)36-23)32-28(34(32,2)3)21-30(40)39(22-24-13-9-8-10-14-24)35(4,5)33(41)37-25-17-19-26(20-18-25)38(6)7/h8-20,28,32,36H,21-22H2,1-7H3,(H,37,41)/t28-,32-/m1/s1. The van der Waals surface area contributed by atoms with E-state index in [1.807, 2.05) is 93.5 Å². The number of benzene rings is 3. The first-order valence-corrected chi connectivity index (χ1v) is 14.4. The minimum atomic E-state index is -1.07. The molecule has 3 aromatic carbocycles. The van der Waals surface area contributed by atoms with E-state index in [1.54, 1.807) is 4.90 Å². The molecule has 1 aliphatic rings. The van der Waals surface area contributed by atoms with Gasteiger partial charge in [0, 0.05) is 55.0 Å². The van der Waals surface area contributed by atoms with Gasteiger partial charge in [0.1, 0.15) is 5.54 Å². The number of aromatic nitrogens is 1. The topological polar surface area (TPSA) is 68.4 Å². The normalized spacial score (nSPS) is 17.7. The van der Waals surface area contributed by atoms with E-state index >= 15 is 0 Å². The van der Waals surface area contributed by atoms with Crippen LogP contribution in [0, 0.1) is 18.3 Å². The van der Waals surface area contributed by atoms with Crippen molar-refractivity contribution in [1.29, 1.82) is 0 Å². The number of aryl methyl sites for hydroxylation is 1. The van der Waals surface area contributed by atoms with Gasteiger partial charge in [-0.2, -0.15) is 0 Å². The molecule has 1 aromatic heterocycles. The molecule has 2 N–H and O–H groups in total. The van der Waals surface area contributed by atoms with Gasteiger partial charge in [-0.15, -0.1) is 0 Å². The molecule has 1 aliphatic carbocycles. The molecule has 2 amide bonds. The number of anilines is 2. The van der Waals surface area contributed by atoms with Gasteiger partial charge < -0.3 is 20.1 Å². The third-order valence-electron chi connectivity index (χ3n) is 9.06. The van der Waals surface area contributed by atoms with Crippen LogP contribution < -0.4 is 10.2 Å². The Morgan fingerprint density at radius 2 is 1.56 bits per heavy atom. The highest BCUT2D eigenvalue weighted by Crippen LogP contribution is 2.67. The number of carbonyl (C=O) groups is 2. The van der Waals surface area contributed by atoms with Crippen LogP contribution in [0.3, 0.4) is 0 Å². The Kier molecular flexibility index (Phi) is 7.45. The smallest absolute Gasteiger partial charge is 0.249 e. The Morgan fingerprint density at radius 1 is 0.927 bits per heavy atom. The molecule has 5 rings (SSSR count). The van der Waals surface area contributed by atoms with Crippen LogP contribution in [0.2, 0.25) is 0 Å². The van der Waals surface area contributed by atoms with E-state index in [0.717, 1.165) is 16.8 Å². The SMILES string of the molecule is Cc1[nH]c2ccccc2c1[C@H]1[C@@H](CC(=O)N(Cc2ccccc2)C(C)(C)C(=O)Nc2ccc(N(C)C)cc2)C1(C)C. The summed E-state index contributed by atoms with van der Waals surface area (Å²) in [6.07, 6.45) is 0.387. The second kappa shape index (κ2) is 10.7. The van der Waals surface area contributed by atoms with Gasteiger partial charge in [-0.1, -0.05) is 62.4 Å². The molecule has 1 saturated carbocycles. The van der Waals surface area contributed by atoms with E-state index in [-0.39, 0.29) is 29.1 Å². The van der Waals surface area contributed by atoms with E-state index in [2.05, 4.69) is 49.3 Å². The highest BCUT2D eigenvalue weighted by molar-refractivity contribution is 6.00. The number of carbonyl (C=O) groups excluding carboxylic acids is 2. The number of rotatable bonds is 9. The van der Waals surface area contributed by atoms with Crippen molar-refractivity contribution in [3.8, 4) is 0 Å². The van der Waals surface area contributed by atoms with Gasteiger partial charge in [-0.05, 0) is 79.5 Å². The summed E-state index contributed by atoms with van der Waals surface area (Å²) in [4.78, 5) is 35.3. The molecular weight excluding hydrogens is 508 g/mol. The zero-order chi connectivity index (χ0) is 29.5. The maximum absolute atomic E-state index is 14.2. The van der Waals surface area contributed by atoms with Gasteiger partial charge in [0.15, 0.2) is 0 Å². The summed E-state index contributed by atoms with van der Waals surface area (Å²) in [7, 11) is 3.96. The number of amides is 2. The Bertz CT molecular complexity index is 1550. The van der Waals surface area contributed by atoms with Crippen LogP contribution in [0.1, 0.15) is 56.9 Å². The van der Waals surface area contributed by atoms with Crippen molar-refractivity contribution < 1.29 is 9.59 Å². The van der Waals surface area contributed by atoms with Crippen LogP contribution in [-0.4, -0.2) is 41.3 Å². The highest BCUT2D eigenvalue weighted by atomic mass is 16.2. The van der Waals surface area contributed by atoms with Gasteiger partial charge in [0.05, 0.1) is 0 Å². The summed E-state index contributed by atoms with van der Waals surface area (Å²) in [6, 6.07) is 26.1. The van der Waals surface area contributed by atoms with Crippen molar-refractivity contribution in [3.05, 3.63) is 95.7 Å². The first kappa shape index (κ1) is 28.5. The van der Waals surface area contributed by atoms with Gasteiger partial charge in [-0.25, -0.2) is 0 Å². The molecule has 0 bridgehead atoms. The lowest BCUT2D eigenvalue weighted by molar-refractivity contribution is -0.144. The van der Waals surface area contributed by atoms with E-state index in [4.69, 9.17) is 0 Å². The predicted octanol–water partition coefficient (Wildman–Crippen LogP) is 7.12. The summed E-state index contributed by atoms with van der Waals surface area (Å²) in [5.74, 6) is 0.241. The summed E-state index contributed by atoms with van der Waals surface area (Å²) < 4.78 is 0. The molecule has 6 heteroatoms. The van der Waals surface area contributed by atoms with Crippen molar-refractivity contribution >= 4 is 34.1 Å². The first-order chi connectivity index (χ1) is 19.4. The average Bonchev–Trinajstić information content (AvgIpc) is 3.28. The number of nitrogens with zero attached hydrogens (tertiary/aromatic N) is 2. The third kappa shape index (κ3) is 5.48. The van der Waals surface area contributed by atoms with Crippen LogP contribution in [0.5, 0.6) is 0 Å². The Morgan fingerprint density at radius 3 is 2.22 bits per heavy atom. The molecule has 0 spiro atoms. The minimum Gasteiger partial charge on any atom is -0.378 e. The number of hydrogen-bond donors (Lipinski definition) is 2. The number of fused-ring (bicyclic) bond motifs is 1. The monoisotopic (exact) mass is 550 g/mol. The number of para-hydroxylation sites is 1. The van der Waals surface area contributed by atoms with Crippen LogP contribution in [0.4, 0.5) is 11.4 Å². The molecule has 0 saturated heterocycles. The lowest BCUT2D eigenvalue weighted by atomic mass is 9.97. The fraction of sp³-hybridized carbons (Fsp3) is 0.371. The number of H-pyrrole nitrogens is 1. The van der Waals surface area contributed by atoms with E-state index in [1.165, 1.54) is 16.6 Å². The van der Waals surface area contributed by atoms with E-state index < -0.39 is 5.54 Å². The first-order valence-electron chi connectivity index (χ1n) is 14.4. The Hall–Kier alpha value is -4.06. The maximum atomic E-state index is 14.2. The second-order valence-corrected chi connectivity index (χ2v) is 12.7. The van der Waals surface area contributed by atoms with E-state index in [0.29, 0.717) is 18.7 Å². The molecular formula is C35H42N4O2. The van der Waals surface area contributed by atoms with Crippen LogP contribution in [0.15, 0.2) is 78.9 Å². The molecule has 1 heterocycles. The quantitative estimate of drug-likeness (QED) is 0.233. The maximum Gasteiger partial charge on any atom is 0.249 e. The minimum absolute atomic E-state index is 0.00460. The molecule has 2 atom stereocenters. The van der Waals surface area contributed by atoms with Crippen molar-refractivity contribution in [2.45, 2.75) is 59.0 Å². The molecule has 4 aromatic rings. The van der Waals surface area contributed by atoms with Crippen LogP contribution in [-0.2, 0) is 16.1 Å². The summed E-state index contributed by atoms with van der Waals surface area (Å²) in [5, 5.41) is 4.29. The molecule has 0 aliphatic heterocycles. The summed E-state index contributed by atoms with van der Waals surface area (Å²) >= 11 is 0. The van der Waals surface area contributed by atoms with Crippen molar-refractivity contribution in [1.82, 2.24) is 9.88 Å². The van der Waals surface area contributed by atoms with Crippen LogP contribution in [0.25, 0.3) is 10.9 Å². The summed E-state index contributed by atoms with van der Waals surface area (Å²) in [6.45, 7) is 10.7. The summed E-state index contributed by atoms with van der Waals surface area (Å²) in [5.41, 5.74) is 5.28. The van der Waals surface area contributed by atoms with Crippen molar-refractivity contribution in [3.63, 3.8) is 0 Å². The lowest BCUT2D eigenvalue weighted by Gasteiger charge is -2.38. The van der Waals surface area contributed by atoms with Crippen LogP contribution >= 0.6 is 0 Å². The fourth-order valence-electron chi connectivity index (χ4n) is 6.31.